The summed E-state index contributed by atoms with van der Waals surface area (Å²) in [4.78, 5) is 30.4. The summed E-state index contributed by atoms with van der Waals surface area (Å²) in [5, 5.41) is 9.91. The highest BCUT2D eigenvalue weighted by Gasteiger charge is 2.28. The van der Waals surface area contributed by atoms with Crippen molar-refractivity contribution in [2.45, 2.75) is 65.0 Å². The van der Waals surface area contributed by atoms with E-state index in [1.165, 1.54) is 6.42 Å². The number of H-pyrrole nitrogens is 1. The lowest BCUT2D eigenvalue weighted by molar-refractivity contribution is -0.122. The molecule has 1 atom stereocenters. The highest BCUT2D eigenvalue weighted by molar-refractivity contribution is 5.97. The molecule has 1 amide bonds. The van der Waals surface area contributed by atoms with Crippen LogP contribution in [0.4, 0.5) is 5.69 Å². The Balaban J connectivity index is 1.73. The average Bonchev–Trinajstić information content (AvgIpc) is 3.02. The number of aromatic nitrogens is 1. The largest absolute Gasteiger partial charge is 0.451 e. The van der Waals surface area contributed by atoms with E-state index in [2.05, 4.69) is 4.98 Å². The number of anilines is 1. The number of hydrogen-bond donors (Lipinski definition) is 2. The Labute approximate surface area is 171 Å². The third-order valence-electron chi connectivity index (χ3n) is 5.69. The number of carbonyl (C=O) groups is 2. The van der Waals surface area contributed by atoms with Crippen molar-refractivity contribution in [3.05, 3.63) is 52.8 Å². The van der Waals surface area contributed by atoms with Gasteiger partial charge in [0.1, 0.15) is 5.69 Å². The van der Waals surface area contributed by atoms with Crippen LogP contribution < -0.4 is 4.90 Å². The first-order valence-electron chi connectivity index (χ1n) is 10.3. The van der Waals surface area contributed by atoms with Crippen LogP contribution >= 0.6 is 0 Å². The first-order chi connectivity index (χ1) is 13.9. The molecule has 0 spiro atoms. The molecule has 0 aliphatic heterocycles. The van der Waals surface area contributed by atoms with Crippen molar-refractivity contribution in [2.24, 2.45) is 0 Å². The number of aromatic amines is 1. The zero-order valence-electron chi connectivity index (χ0n) is 17.4. The molecule has 1 heterocycles. The standard InChI is InChI=1S/C23H30N2O4/c1-15-21(17(3)26)16(2)24-22(15)23(28)29-14-20(27)25(18-10-6-4-7-11-18)19-12-8-5-9-13-19/h4,6-7,10-11,17,19,24,26H,5,8-9,12-14H2,1-3H3/t17-/m0/s1. The van der Waals surface area contributed by atoms with Gasteiger partial charge in [0.15, 0.2) is 6.61 Å². The third-order valence-corrected chi connectivity index (χ3v) is 5.69. The van der Waals surface area contributed by atoms with Gasteiger partial charge >= 0.3 is 5.97 Å². The minimum absolute atomic E-state index is 0.133. The van der Waals surface area contributed by atoms with Gasteiger partial charge in [-0.25, -0.2) is 4.79 Å². The summed E-state index contributed by atoms with van der Waals surface area (Å²) in [7, 11) is 0. The van der Waals surface area contributed by atoms with E-state index < -0.39 is 12.1 Å². The van der Waals surface area contributed by atoms with Crippen molar-refractivity contribution in [3.8, 4) is 0 Å². The maximum Gasteiger partial charge on any atom is 0.355 e. The van der Waals surface area contributed by atoms with Crippen LogP contribution in [0, 0.1) is 13.8 Å². The molecule has 6 heteroatoms. The number of hydrogen-bond acceptors (Lipinski definition) is 4. The molecule has 1 saturated carbocycles. The van der Waals surface area contributed by atoms with Crippen LogP contribution in [0.25, 0.3) is 0 Å². The Morgan fingerprint density at radius 3 is 2.41 bits per heavy atom. The number of carbonyl (C=O) groups excluding carboxylic acids is 2. The Morgan fingerprint density at radius 1 is 1.17 bits per heavy atom. The molecule has 0 unspecified atom stereocenters. The number of rotatable bonds is 6. The van der Waals surface area contributed by atoms with Crippen LogP contribution in [0.5, 0.6) is 0 Å². The number of ether oxygens (including phenoxy) is 1. The molecule has 29 heavy (non-hydrogen) atoms. The molecule has 2 N–H and O–H groups in total. The zero-order valence-corrected chi connectivity index (χ0v) is 17.4. The maximum absolute atomic E-state index is 13.0. The van der Waals surface area contributed by atoms with E-state index in [9.17, 15) is 14.7 Å². The lowest BCUT2D eigenvalue weighted by Gasteiger charge is -2.34. The lowest BCUT2D eigenvalue weighted by atomic mass is 9.93. The van der Waals surface area contributed by atoms with Gasteiger partial charge in [0.05, 0.1) is 6.10 Å². The van der Waals surface area contributed by atoms with Crippen molar-refractivity contribution in [2.75, 3.05) is 11.5 Å². The van der Waals surface area contributed by atoms with Crippen LogP contribution in [0.15, 0.2) is 30.3 Å². The summed E-state index contributed by atoms with van der Waals surface area (Å²) in [5.41, 5.74) is 3.20. The molecule has 1 fully saturated rings. The quantitative estimate of drug-likeness (QED) is 0.714. The molecular formula is C23H30N2O4. The summed E-state index contributed by atoms with van der Waals surface area (Å²) in [5.74, 6) is -0.796. The number of aryl methyl sites for hydroxylation is 1. The van der Waals surface area contributed by atoms with Crippen molar-refractivity contribution in [1.29, 1.82) is 0 Å². The van der Waals surface area contributed by atoms with Gasteiger partial charge in [-0.3, -0.25) is 4.79 Å². The van der Waals surface area contributed by atoms with Crippen molar-refractivity contribution in [3.63, 3.8) is 0 Å². The topological polar surface area (TPSA) is 82.6 Å². The Bertz CT molecular complexity index is 851. The van der Waals surface area contributed by atoms with Crippen LogP contribution in [-0.2, 0) is 9.53 Å². The minimum atomic E-state index is -0.686. The molecule has 156 valence electrons. The monoisotopic (exact) mass is 398 g/mol. The summed E-state index contributed by atoms with van der Waals surface area (Å²) in [6, 6.07) is 9.71. The summed E-state index contributed by atoms with van der Waals surface area (Å²) < 4.78 is 5.37. The minimum Gasteiger partial charge on any atom is -0.451 e. The smallest absolute Gasteiger partial charge is 0.355 e. The van der Waals surface area contributed by atoms with E-state index in [1.54, 1.807) is 25.7 Å². The fraction of sp³-hybridized carbons (Fsp3) is 0.478. The number of aliphatic hydroxyl groups excluding tert-OH is 1. The second-order valence-electron chi connectivity index (χ2n) is 7.81. The molecule has 1 aromatic heterocycles. The first kappa shape index (κ1) is 21.1. The number of nitrogens with one attached hydrogen (secondary N) is 1. The van der Waals surface area contributed by atoms with E-state index in [-0.39, 0.29) is 24.2 Å². The summed E-state index contributed by atoms with van der Waals surface area (Å²) in [6.07, 6.45) is 4.63. The van der Waals surface area contributed by atoms with Crippen LogP contribution in [0.2, 0.25) is 0 Å². The fourth-order valence-electron chi connectivity index (χ4n) is 4.35. The first-order valence-corrected chi connectivity index (χ1v) is 10.3. The molecule has 1 aromatic carbocycles. The van der Waals surface area contributed by atoms with Gasteiger partial charge in [0.25, 0.3) is 5.91 Å². The molecule has 1 aliphatic rings. The third kappa shape index (κ3) is 4.70. The maximum atomic E-state index is 13.0. The van der Waals surface area contributed by atoms with E-state index in [4.69, 9.17) is 4.74 Å². The molecule has 3 rings (SSSR count). The zero-order chi connectivity index (χ0) is 21.0. The Morgan fingerprint density at radius 2 is 1.83 bits per heavy atom. The summed E-state index contributed by atoms with van der Waals surface area (Å²) in [6.45, 7) is 4.91. The normalized spacial score (nSPS) is 15.7. The van der Waals surface area contributed by atoms with Gasteiger partial charge < -0.3 is 19.7 Å². The molecule has 0 bridgehead atoms. The molecule has 2 aromatic rings. The van der Waals surface area contributed by atoms with Crippen molar-refractivity contribution >= 4 is 17.6 Å². The fourth-order valence-corrected chi connectivity index (χ4v) is 4.35. The number of aliphatic hydroxyl groups is 1. The van der Waals surface area contributed by atoms with E-state index in [0.717, 1.165) is 37.1 Å². The van der Waals surface area contributed by atoms with Gasteiger partial charge in [-0.05, 0) is 51.3 Å². The van der Waals surface area contributed by atoms with E-state index in [1.807, 2.05) is 30.3 Å². The number of esters is 1. The van der Waals surface area contributed by atoms with Crippen molar-refractivity contribution < 1.29 is 19.4 Å². The highest BCUT2D eigenvalue weighted by Crippen LogP contribution is 2.28. The van der Waals surface area contributed by atoms with Gasteiger partial charge in [0.2, 0.25) is 0 Å². The Kier molecular flexibility index (Phi) is 6.75. The highest BCUT2D eigenvalue weighted by atomic mass is 16.5. The Hall–Kier alpha value is -2.60. The average molecular weight is 399 g/mol. The summed E-state index contributed by atoms with van der Waals surface area (Å²) >= 11 is 0. The number of para-hydroxylation sites is 1. The molecule has 1 aliphatic carbocycles. The second kappa shape index (κ2) is 9.27. The number of nitrogens with zero attached hydrogens (tertiary/aromatic N) is 1. The number of benzene rings is 1. The van der Waals surface area contributed by atoms with Crippen molar-refractivity contribution in [1.82, 2.24) is 4.98 Å². The van der Waals surface area contributed by atoms with Gasteiger partial charge in [0, 0.05) is 23.0 Å². The van der Waals surface area contributed by atoms with Crippen LogP contribution in [0.3, 0.4) is 0 Å². The van der Waals surface area contributed by atoms with Crippen LogP contribution in [-0.4, -0.2) is 34.6 Å². The predicted molar refractivity (Wildman–Crippen MR) is 112 cm³/mol. The van der Waals surface area contributed by atoms with Gasteiger partial charge in [-0.1, -0.05) is 37.5 Å². The van der Waals surface area contributed by atoms with Gasteiger partial charge in [-0.15, -0.1) is 0 Å². The number of amides is 1. The van der Waals surface area contributed by atoms with E-state index in [0.29, 0.717) is 11.1 Å². The molecule has 6 nitrogen and oxygen atoms in total. The molecule has 0 saturated heterocycles. The van der Waals surface area contributed by atoms with Crippen LogP contribution in [0.1, 0.15) is 72.4 Å². The van der Waals surface area contributed by atoms with E-state index >= 15 is 0 Å². The SMILES string of the molecule is Cc1[nH]c(C(=O)OCC(=O)N(c2ccccc2)C2CCCCC2)c(C)c1[C@H](C)O. The lowest BCUT2D eigenvalue weighted by Crippen LogP contribution is -2.43. The van der Waals surface area contributed by atoms with Gasteiger partial charge in [-0.2, -0.15) is 0 Å². The predicted octanol–water partition coefficient (Wildman–Crippen LogP) is 4.21. The molecular weight excluding hydrogens is 368 g/mol. The molecule has 0 radical (unpaired) electrons. The second-order valence-corrected chi connectivity index (χ2v) is 7.81.